The quantitative estimate of drug-likeness (QED) is 0.732. The zero-order valence-electron chi connectivity index (χ0n) is 9.57. The number of hydrogen-bond donors (Lipinski definition) is 3. The Morgan fingerprint density at radius 2 is 2.12 bits per heavy atom. The third-order valence-electron chi connectivity index (χ3n) is 2.37. The van der Waals surface area contributed by atoms with E-state index in [1.807, 2.05) is 6.07 Å². The van der Waals surface area contributed by atoms with Crippen LogP contribution in [0.25, 0.3) is 0 Å². The van der Waals surface area contributed by atoms with E-state index >= 15 is 0 Å². The zero-order chi connectivity index (χ0) is 12.9. The molecule has 0 aliphatic rings. The van der Waals surface area contributed by atoms with E-state index in [0.717, 1.165) is 4.88 Å². The first kappa shape index (κ1) is 14.4. The predicted octanol–water partition coefficient (Wildman–Crippen LogP) is 1.19. The normalized spacial score (nSPS) is 11.5. The zero-order valence-corrected chi connectivity index (χ0v) is 11.1. The largest absolute Gasteiger partial charge is 0.394 e. The van der Waals surface area contributed by atoms with Crippen LogP contribution in [0.3, 0.4) is 0 Å². The van der Waals surface area contributed by atoms with Gasteiger partial charge in [-0.2, -0.15) is 0 Å². The number of rotatable bonds is 6. The minimum atomic E-state index is -0.954. The van der Waals surface area contributed by atoms with E-state index in [-0.39, 0.29) is 19.1 Å². The molecular weight excluding hydrogens is 262 g/mol. The highest BCUT2D eigenvalue weighted by molar-refractivity contribution is 7.16. The molecular formula is C11H16ClNO3S. The van der Waals surface area contributed by atoms with E-state index in [4.69, 9.17) is 21.8 Å². The summed E-state index contributed by atoms with van der Waals surface area (Å²) in [7, 11) is 0. The van der Waals surface area contributed by atoms with Gasteiger partial charge >= 0.3 is 0 Å². The number of thiophene rings is 1. The number of aliphatic hydroxyl groups excluding tert-OH is 2. The number of halogens is 1. The van der Waals surface area contributed by atoms with Crippen molar-refractivity contribution in [1.82, 2.24) is 5.32 Å². The Balaban J connectivity index is 2.40. The molecule has 4 nitrogen and oxygen atoms in total. The number of aryl methyl sites for hydroxylation is 1. The first-order chi connectivity index (χ1) is 7.99. The summed E-state index contributed by atoms with van der Waals surface area (Å²) in [6, 6.07) is 3.68. The molecule has 0 atom stereocenters. The molecule has 1 aromatic heterocycles. The molecule has 0 unspecified atom stereocenters. The minimum Gasteiger partial charge on any atom is -0.394 e. The molecule has 0 radical (unpaired) electrons. The van der Waals surface area contributed by atoms with Gasteiger partial charge in [0.15, 0.2) is 0 Å². The fraction of sp³-hybridized carbons (Fsp3) is 0.545. The van der Waals surface area contributed by atoms with Crippen molar-refractivity contribution in [3.8, 4) is 0 Å². The van der Waals surface area contributed by atoms with Crippen molar-refractivity contribution in [3.05, 3.63) is 21.3 Å². The number of carbonyl (C=O) groups is 1. The molecule has 1 aromatic rings. The van der Waals surface area contributed by atoms with Crippen molar-refractivity contribution in [1.29, 1.82) is 0 Å². The summed E-state index contributed by atoms with van der Waals surface area (Å²) in [4.78, 5) is 12.6. The monoisotopic (exact) mass is 277 g/mol. The molecule has 17 heavy (non-hydrogen) atoms. The van der Waals surface area contributed by atoms with Crippen molar-refractivity contribution < 1.29 is 15.0 Å². The molecule has 1 rings (SSSR count). The van der Waals surface area contributed by atoms with E-state index in [9.17, 15) is 4.79 Å². The van der Waals surface area contributed by atoms with Crippen LogP contribution in [-0.4, -0.2) is 34.9 Å². The van der Waals surface area contributed by atoms with Gasteiger partial charge in [-0.05, 0) is 25.5 Å². The molecule has 6 heteroatoms. The molecule has 0 bridgehead atoms. The lowest BCUT2D eigenvalue weighted by Gasteiger charge is -2.26. The summed E-state index contributed by atoms with van der Waals surface area (Å²) in [6.07, 6.45) is 0.919. The highest BCUT2D eigenvalue weighted by Gasteiger charge is 2.24. The molecule has 0 aromatic carbocycles. The maximum atomic E-state index is 11.6. The Morgan fingerprint density at radius 3 is 2.59 bits per heavy atom. The fourth-order valence-corrected chi connectivity index (χ4v) is 2.34. The van der Waals surface area contributed by atoms with Gasteiger partial charge in [0.2, 0.25) is 5.91 Å². The van der Waals surface area contributed by atoms with Gasteiger partial charge in [-0.15, -0.1) is 11.3 Å². The second-order valence-corrected chi connectivity index (χ2v) is 5.93. The average Bonchev–Trinajstić information content (AvgIpc) is 2.72. The van der Waals surface area contributed by atoms with Crippen molar-refractivity contribution in [2.75, 3.05) is 13.2 Å². The minimum absolute atomic E-state index is 0.194. The summed E-state index contributed by atoms with van der Waals surface area (Å²) in [5, 5.41) is 20.7. The molecule has 1 heterocycles. The maximum Gasteiger partial charge on any atom is 0.220 e. The van der Waals surface area contributed by atoms with Crippen LogP contribution in [-0.2, 0) is 11.2 Å². The second-order valence-electron chi connectivity index (χ2n) is 4.13. The van der Waals surface area contributed by atoms with E-state index in [1.165, 1.54) is 11.3 Å². The SMILES string of the molecule is CC(CO)(CO)NC(=O)CCc1ccc(Cl)s1. The summed E-state index contributed by atoms with van der Waals surface area (Å²) >= 11 is 7.22. The third kappa shape index (κ3) is 4.63. The summed E-state index contributed by atoms with van der Waals surface area (Å²) < 4.78 is 0.705. The van der Waals surface area contributed by atoms with Gasteiger partial charge in [0.25, 0.3) is 0 Å². The van der Waals surface area contributed by atoms with Crippen molar-refractivity contribution in [2.45, 2.75) is 25.3 Å². The lowest BCUT2D eigenvalue weighted by atomic mass is 10.1. The Morgan fingerprint density at radius 1 is 1.47 bits per heavy atom. The van der Waals surface area contributed by atoms with Gasteiger partial charge in [-0.1, -0.05) is 11.6 Å². The first-order valence-electron chi connectivity index (χ1n) is 5.26. The number of hydrogen-bond acceptors (Lipinski definition) is 4. The van der Waals surface area contributed by atoms with Crippen LogP contribution in [0.5, 0.6) is 0 Å². The molecule has 0 spiro atoms. The Hall–Kier alpha value is -0.620. The van der Waals surface area contributed by atoms with Crippen molar-refractivity contribution in [3.63, 3.8) is 0 Å². The Bertz CT molecular complexity index is 377. The number of aliphatic hydroxyl groups is 2. The molecule has 0 saturated heterocycles. The van der Waals surface area contributed by atoms with Gasteiger partial charge in [0.1, 0.15) is 0 Å². The van der Waals surface area contributed by atoms with Gasteiger partial charge in [0.05, 0.1) is 23.1 Å². The van der Waals surface area contributed by atoms with Crippen LogP contribution in [0.15, 0.2) is 12.1 Å². The number of amides is 1. The Labute approximate surface area is 109 Å². The molecule has 3 N–H and O–H groups in total. The predicted molar refractivity (Wildman–Crippen MR) is 68.4 cm³/mol. The fourth-order valence-electron chi connectivity index (χ4n) is 1.25. The molecule has 1 amide bonds. The van der Waals surface area contributed by atoms with Crippen LogP contribution < -0.4 is 5.32 Å². The molecule has 0 aliphatic heterocycles. The van der Waals surface area contributed by atoms with Crippen molar-refractivity contribution >= 4 is 28.8 Å². The van der Waals surface area contributed by atoms with E-state index in [2.05, 4.69) is 5.32 Å². The highest BCUT2D eigenvalue weighted by atomic mass is 35.5. The molecule has 0 aliphatic carbocycles. The average molecular weight is 278 g/mol. The smallest absolute Gasteiger partial charge is 0.220 e. The lowest BCUT2D eigenvalue weighted by Crippen LogP contribution is -2.51. The number of nitrogens with one attached hydrogen (secondary N) is 1. The van der Waals surface area contributed by atoms with Gasteiger partial charge in [-0.25, -0.2) is 0 Å². The third-order valence-corrected chi connectivity index (χ3v) is 3.66. The van der Waals surface area contributed by atoms with Crippen LogP contribution in [0.1, 0.15) is 18.2 Å². The Kier molecular flexibility index (Phi) is 5.39. The molecule has 0 saturated carbocycles. The topological polar surface area (TPSA) is 69.6 Å². The van der Waals surface area contributed by atoms with E-state index in [1.54, 1.807) is 13.0 Å². The van der Waals surface area contributed by atoms with E-state index < -0.39 is 5.54 Å². The lowest BCUT2D eigenvalue weighted by molar-refractivity contribution is -0.124. The van der Waals surface area contributed by atoms with Crippen LogP contribution in [0.2, 0.25) is 4.34 Å². The van der Waals surface area contributed by atoms with Crippen molar-refractivity contribution in [2.24, 2.45) is 0 Å². The van der Waals surface area contributed by atoms with Gasteiger partial charge in [-0.3, -0.25) is 4.79 Å². The maximum absolute atomic E-state index is 11.6. The summed E-state index contributed by atoms with van der Waals surface area (Å²) in [5.74, 6) is -0.194. The van der Waals surface area contributed by atoms with Crippen LogP contribution in [0.4, 0.5) is 0 Å². The summed E-state index contributed by atoms with van der Waals surface area (Å²) in [5.41, 5.74) is -0.954. The van der Waals surface area contributed by atoms with Gasteiger partial charge in [0, 0.05) is 11.3 Å². The second kappa shape index (κ2) is 6.35. The first-order valence-corrected chi connectivity index (χ1v) is 6.45. The molecule has 96 valence electrons. The van der Waals surface area contributed by atoms with Crippen LogP contribution in [0, 0.1) is 0 Å². The van der Waals surface area contributed by atoms with E-state index in [0.29, 0.717) is 17.2 Å². The standard InChI is InChI=1S/C11H16ClNO3S/c1-11(6-14,7-15)13-10(16)5-3-8-2-4-9(12)17-8/h2,4,14-15H,3,5-7H2,1H3,(H,13,16). The van der Waals surface area contributed by atoms with Gasteiger partial charge < -0.3 is 15.5 Å². The summed E-state index contributed by atoms with van der Waals surface area (Å²) in [6.45, 7) is 1.01. The highest BCUT2D eigenvalue weighted by Crippen LogP contribution is 2.22. The van der Waals surface area contributed by atoms with Crippen LogP contribution >= 0.6 is 22.9 Å². The number of carbonyl (C=O) groups excluding carboxylic acids is 1. The molecule has 0 fully saturated rings.